The van der Waals surface area contributed by atoms with Crippen molar-refractivity contribution in [2.75, 3.05) is 13.7 Å². The Balaban J connectivity index is 1.49. The number of carboxylic acid groups (broad SMARTS) is 1. The fourth-order valence-electron chi connectivity index (χ4n) is 6.89. The van der Waals surface area contributed by atoms with Crippen LogP contribution in [-0.4, -0.2) is 106 Å². The van der Waals surface area contributed by atoms with E-state index in [0.29, 0.717) is 24.0 Å². The quantitative estimate of drug-likeness (QED) is 0.178. The van der Waals surface area contributed by atoms with Gasteiger partial charge in [0.25, 0.3) is 5.91 Å². The average molecular weight is 754 g/mol. The van der Waals surface area contributed by atoms with E-state index >= 15 is 0 Å². The number of amides is 4. The minimum atomic E-state index is -3.94. The van der Waals surface area contributed by atoms with Crippen LogP contribution in [0.3, 0.4) is 0 Å². The van der Waals surface area contributed by atoms with E-state index in [0.717, 1.165) is 10.3 Å². The molecule has 5 rings (SSSR count). The Morgan fingerprint density at radius 1 is 1.19 bits per heavy atom. The number of benzene rings is 1. The smallest absolute Gasteiger partial charge is 0.408 e. The molecule has 2 heterocycles. The maximum absolute atomic E-state index is 14.7. The normalized spacial score (nSPS) is 23.3. The number of carbonyl (C=O) groups excluding carboxylic acids is 4. The van der Waals surface area contributed by atoms with E-state index in [-0.39, 0.29) is 43.9 Å². The van der Waals surface area contributed by atoms with Crippen molar-refractivity contribution in [2.24, 2.45) is 5.92 Å². The van der Waals surface area contributed by atoms with Crippen molar-refractivity contribution in [2.45, 2.75) is 101 Å². The van der Waals surface area contributed by atoms with E-state index in [1.165, 1.54) is 17.1 Å². The van der Waals surface area contributed by atoms with Gasteiger partial charge in [-0.2, -0.15) is 0 Å². The first-order valence-electron chi connectivity index (χ1n) is 17.5. The summed E-state index contributed by atoms with van der Waals surface area (Å²) in [5.74, 6) is -2.43. The van der Waals surface area contributed by atoms with Crippen LogP contribution in [0.25, 0.3) is 10.8 Å². The maximum atomic E-state index is 14.7. The third kappa shape index (κ3) is 8.47. The molecule has 0 spiro atoms. The van der Waals surface area contributed by atoms with E-state index in [1.807, 2.05) is 0 Å². The number of hydrogen-bond donors (Lipinski definition) is 3. The number of sulfonamides is 1. The van der Waals surface area contributed by atoms with Gasteiger partial charge >= 0.3 is 6.09 Å². The van der Waals surface area contributed by atoms with Crippen LogP contribution >= 0.6 is 0 Å². The van der Waals surface area contributed by atoms with Crippen LogP contribution in [0.5, 0.6) is 11.6 Å². The van der Waals surface area contributed by atoms with Gasteiger partial charge in [0.15, 0.2) is 5.78 Å². The number of aromatic nitrogens is 1. The molecule has 4 amide bonds. The van der Waals surface area contributed by atoms with Crippen molar-refractivity contribution >= 4 is 50.4 Å². The molecule has 2 aromatic rings. The molecule has 2 saturated carbocycles. The van der Waals surface area contributed by atoms with Crippen molar-refractivity contribution in [3.8, 4) is 11.6 Å². The molecular weight excluding hydrogens is 706 g/mol. The van der Waals surface area contributed by atoms with Gasteiger partial charge in [-0.3, -0.25) is 28.8 Å². The summed E-state index contributed by atoms with van der Waals surface area (Å²) in [6.45, 7) is 10.1. The maximum Gasteiger partial charge on any atom is 0.408 e. The second-order valence-corrected chi connectivity index (χ2v) is 16.7. The summed E-state index contributed by atoms with van der Waals surface area (Å²) < 4.78 is 39.2. The standard InChI is InChI=1S/C37H47N5O10S/c1-7-9-24(43)10-15-29(42(35(47)48)36(3,4)5)33(45)41-21-26(52-32-28-14-11-25(51-6)18-22(28)16-17-38-32)19-30(41)31(44)39-37(20-23(37)8-2)34(46)40-53(49,50)27-12-13-27/h7-9,11,14,16-18,23,26-27,29-30H,2,10,12-13,15,19-21H2,1,3-6H3,(H,39,44)(H,40,46)(H,47,48)/b9-7+/t23-,26-,29+,30+,37-/m1/s1. The van der Waals surface area contributed by atoms with Crippen LogP contribution in [-0.2, 0) is 29.2 Å². The van der Waals surface area contributed by atoms with Gasteiger partial charge < -0.3 is 24.8 Å². The van der Waals surface area contributed by atoms with Crippen molar-refractivity contribution in [1.82, 2.24) is 24.8 Å². The van der Waals surface area contributed by atoms with Crippen molar-refractivity contribution in [3.63, 3.8) is 0 Å². The zero-order valence-corrected chi connectivity index (χ0v) is 31.4. The molecule has 0 radical (unpaired) electrons. The van der Waals surface area contributed by atoms with E-state index in [1.54, 1.807) is 71.3 Å². The Hall–Kier alpha value is -4.99. The highest BCUT2D eigenvalue weighted by Gasteiger charge is 2.62. The number of nitrogens with zero attached hydrogens (tertiary/aromatic N) is 3. The number of likely N-dealkylation sites (tertiary alicyclic amines) is 1. The first-order valence-corrected chi connectivity index (χ1v) is 19.1. The molecular formula is C37H47N5O10S. The van der Waals surface area contributed by atoms with Crippen molar-refractivity contribution < 1.29 is 47.0 Å². The molecule has 1 aromatic heterocycles. The summed E-state index contributed by atoms with van der Waals surface area (Å²) in [6, 6.07) is 4.44. The molecule has 5 atom stereocenters. The third-order valence-electron chi connectivity index (χ3n) is 9.85. The van der Waals surface area contributed by atoms with E-state index in [4.69, 9.17) is 9.47 Å². The number of pyridine rings is 1. The molecule has 0 unspecified atom stereocenters. The number of rotatable bonds is 15. The molecule has 53 heavy (non-hydrogen) atoms. The van der Waals surface area contributed by atoms with Gasteiger partial charge in [-0.1, -0.05) is 12.2 Å². The fraction of sp³-hybridized carbons (Fsp3) is 0.514. The first-order chi connectivity index (χ1) is 24.9. The molecule has 15 nitrogen and oxygen atoms in total. The van der Waals surface area contributed by atoms with Crippen LogP contribution < -0.4 is 19.5 Å². The number of methoxy groups -OCH3 is 1. The van der Waals surface area contributed by atoms with E-state index in [2.05, 4.69) is 21.6 Å². The number of hydrogen-bond acceptors (Lipinski definition) is 10. The summed E-state index contributed by atoms with van der Waals surface area (Å²) >= 11 is 0. The Morgan fingerprint density at radius 2 is 1.91 bits per heavy atom. The largest absolute Gasteiger partial charge is 0.497 e. The molecule has 1 aromatic carbocycles. The van der Waals surface area contributed by atoms with Crippen molar-refractivity contribution in [3.05, 3.63) is 55.3 Å². The van der Waals surface area contributed by atoms with Gasteiger partial charge in [-0.25, -0.2) is 18.2 Å². The highest BCUT2D eigenvalue weighted by molar-refractivity contribution is 7.91. The van der Waals surface area contributed by atoms with Crippen LogP contribution in [0, 0.1) is 5.92 Å². The Bertz CT molecular complexity index is 1940. The lowest BCUT2D eigenvalue weighted by atomic mass is 9.98. The lowest BCUT2D eigenvalue weighted by Crippen LogP contribution is -2.61. The second kappa shape index (κ2) is 15.2. The van der Waals surface area contributed by atoms with E-state index in [9.17, 15) is 37.5 Å². The van der Waals surface area contributed by atoms with Gasteiger partial charge in [0.05, 0.1) is 18.9 Å². The zero-order valence-electron chi connectivity index (χ0n) is 30.5. The lowest BCUT2D eigenvalue weighted by molar-refractivity contribution is -0.144. The molecule has 2 aliphatic carbocycles. The van der Waals surface area contributed by atoms with Crippen LogP contribution in [0.15, 0.2) is 55.3 Å². The number of allylic oxidation sites excluding steroid dienone is 2. The molecule has 1 saturated heterocycles. The second-order valence-electron chi connectivity index (χ2n) is 14.7. The zero-order chi connectivity index (χ0) is 38.9. The average Bonchev–Trinajstić information content (AvgIpc) is 4.02. The van der Waals surface area contributed by atoms with Gasteiger partial charge in [0.2, 0.25) is 27.7 Å². The van der Waals surface area contributed by atoms with Gasteiger partial charge in [0.1, 0.15) is 29.5 Å². The summed E-state index contributed by atoms with van der Waals surface area (Å²) in [6.07, 6.45) is 4.24. The summed E-state index contributed by atoms with van der Waals surface area (Å²) in [7, 11) is -2.40. The van der Waals surface area contributed by atoms with Crippen LogP contribution in [0.1, 0.15) is 66.2 Å². The van der Waals surface area contributed by atoms with Gasteiger partial charge in [-0.15, -0.1) is 6.58 Å². The van der Waals surface area contributed by atoms with E-state index < -0.39 is 74.3 Å². The molecule has 16 heteroatoms. The Morgan fingerprint density at radius 3 is 2.49 bits per heavy atom. The number of ether oxygens (including phenoxy) is 2. The SMILES string of the molecule is C=C[C@@H]1C[C@]1(NC(=O)[C@@H]1C[C@@H](Oc2nccc3cc(OC)ccc23)CN1C(=O)[C@H](CCC(=O)/C=C/C)N(C(=O)O)C(C)(C)C)C(=O)NS(=O)(=O)C1CC1. The third-order valence-corrected chi connectivity index (χ3v) is 11.7. The highest BCUT2D eigenvalue weighted by Crippen LogP contribution is 2.45. The molecule has 286 valence electrons. The molecule has 3 N–H and O–H groups in total. The molecule has 3 fully saturated rings. The number of carbonyl (C=O) groups is 5. The topological polar surface area (TPSA) is 202 Å². The Labute approximate surface area is 308 Å². The summed E-state index contributed by atoms with van der Waals surface area (Å²) in [5.41, 5.74) is -2.71. The predicted molar refractivity (Wildman–Crippen MR) is 195 cm³/mol. The first kappa shape index (κ1) is 39.2. The number of fused-ring (bicyclic) bond motifs is 1. The van der Waals surface area contributed by atoms with Crippen LogP contribution in [0.4, 0.5) is 4.79 Å². The monoisotopic (exact) mass is 753 g/mol. The molecule has 1 aliphatic heterocycles. The Kier molecular flexibility index (Phi) is 11.2. The lowest BCUT2D eigenvalue weighted by Gasteiger charge is -2.41. The molecule has 0 bridgehead atoms. The van der Waals surface area contributed by atoms with Gasteiger partial charge in [-0.05, 0) is 89.1 Å². The van der Waals surface area contributed by atoms with Gasteiger partial charge in [0, 0.05) is 35.9 Å². The molecule has 3 aliphatic rings. The highest BCUT2D eigenvalue weighted by atomic mass is 32.2. The predicted octanol–water partition coefficient (Wildman–Crippen LogP) is 3.33. The minimum absolute atomic E-state index is 0.0740. The fourth-order valence-corrected chi connectivity index (χ4v) is 8.26. The summed E-state index contributed by atoms with van der Waals surface area (Å²) in [4.78, 5) is 74.3. The minimum Gasteiger partial charge on any atom is -0.497 e. The van der Waals surface area contributed by atoms with Crippen molar-refractivity contribution in [1.29, 1.82) is 0 Å². The summed E-state index contributed by atoms with van der Waals surface area (Å²) in [5, 5.41) is 13.8. The van der Waals surface area contributed by atoms with Crippen LogP contribution in [0.2, 0.25) is 0 Å². The number of nitrogens with one attached hydrogen (secondary N) is 2. The number of ketones is 1.